The lowest BCUT2D eigenvalue weighted by Crippen LogP contribution is -2.23. The topological polar surface area (TPSA) is 72.9 Å². The van der Waals surface area contributed by atoms with Gasteiger partial charge in [0.1, 0.15) is 5.69 Å². The summed E-state index contributed by atoms with van der Waals surface area (Å²) in [6, 6.07) is 8.11. The first-order valence-corrected chi connectivity index (χ1v) is 6.81. The van der Waals surface area contributed by atoms with Crippen LogP contribution in [0.5, 0.6) is 0 Å². The van der Waals surface area contributed by atoms with Gasteiger partial charge in [0, 0.05) is 25.8 Å². The fourth-order valence-electron chi connectivity index (χ4n) is 2.09. The highest BCUT2D eigenvalue weighted by molar-refractivity contribution is 5.91. The van der Waals surface area contributed by atoms with Gasteiger partial charge in [-0.05, 0) is 17.5 Å². The van der Waals surface area contributed by atoms with Gasteiger partial charge in [-0.2, -0.15) is 0 Å². The molecular weight excluding hydrogens is 252 g/mol. The minimum absolute atomic E-state index is 0.160. The molecule has 106 valence electrons. The highest BCUT2D eigenvalue weighted by Gasteiger charge is 2.09. The van der Waals surface area contributed by atoms with E-state index in [1.54, 1.807) is 12.5 Å². The van der Waals surface area contributed by atoms with Gasteiger partial charge < -0.3 is 15.6 Å². The number of imidazole rings is 1. The Bertz CT molecular complexity index is 577. The molecule has 1 amide bonds. The minimum atomic E-state index is -0.160. The summed E-state index contributed by atoms with van der Waals surface area (Å²) in [7, 11) is 0. The lowest BCUT2D eigenvalue weighted by Gasteiger charge is -2.08. The van der Waals surface area contributed by atoms with Crippen LogP contribution in [0.2, 0.25) is 0 Å². The molecule has 0 radical (unpaired) electrons. The molecule has 0 bridgehead atoms. The van der Waals surface area contributed by atoms with Crippen LogP contribution >= 0.6 is 0 Å². The molecule has 5 heteroatoms. The SMILES string of the molecule is CCc1ccccc1CNC(=O)c1cn(CCN)cn1. The summed E-state index contributed by atoms with van der Waals surface area (Å²) in [4.78, 5) is 16.1. The molecule has 0 aliphatic heterocycles. The van der Waals surface area contributed by atoms with E-state index in [0.29, 0.717) is 25.3 Å². The van der Waals surface area contributed by atoms with Crippen molar-refractivity contribution in [1.29, 1.82) is 0 Å². The number of hydrogen-bond donors (Lipinski definition) is 2. The van der Waals surface area contributed by atoms with E-state index in [-0.39, 0.29) is 5.91 Å². The summed E-state index contributed by atoms with van der Waals surface area (Å²) in [5, 5.41) is 2.90. The zero-order chi connectivity index (χ0) is 14.4. The second-order valence-electron chi connectivity index (χ2n) is 4.59. The van der Waals surface area contributed by atoms with Crippen molar-refractivity contribution in [2.24, 2.45) is 5.73 Å². The van der Waals surface area contributed by atoms with E-state index >= 15 is 0 Å². The van der Waals surface area contributed by atoms with Crippen molar-refractivity contribution in [3.63, 3.8) is 0 Å². The van der Waals surface area contributed by atoms with Crippen LogP contribution in [-0.4, -0.2) is 22.0 Å². The molecule has 0 atom stereocenters. The Balaban J connectivity index is 1.97. The second kappa shape index (κ2) is 6.86. The van der Waals surface area contributed by atoms with Crippen molar-refractivity contribution in [3.05, 3.63) is 53.6 Å². The van der Waals surface area contributed by atoms with Gasteiger partial charge in [-0.3, -0.25) is 4.79 Å². The van der Waals surface area contributed by atoms with Crippen molar-refractivity contribution in [1.82, 2.24) is 14.9 Å². The fraction of sp³-hybridized carbons (Fsp3) is 0.333. The van der Waals surface area contributed by atoms with Crippen LogP contribution in [0.25, 0.3) is 0 Å². The van der Waals surface area contributed by atoms with Crippen molar-refractivity contribution in [2.75, 3.05) is 6.54 Å². The zero-order valence-electron chi connectivity index (χ0n) is 11.7. The van der Waals surface area contributed by atoms with Crippen LogP contribution in [0.15, 0.2) is 36.8 Å². The Morgan fingerprint density at radius 3 is 2.80 bits per heavy atom. The molecule has 0 unspecified atom stereocenters. The Morgan fingerprint density at radius 1 is 1.35 bits per heavy atom. The number of rotatable bonds is 6. The van der Waals surface area contributed by atoms with Crippen LogP contribution in [0.3, 0.4) is 0 Å². The quantitative estimate of drug-likeness (QED) is 0.833. The minimum Gasteiger partial charge on any atom is -0.347 e. The predicted octanol–water partition coefficient (Wildman–Crippen LogP) is 1.33. The van der Waals surface area contributed by atoms with E-state index in [2.05, 4.69) is 23.3 Å². The van der Waals surface area contributed by atoms with Gasteiger partial charge in [0.15, 0.2) is 0 Å². The van der Waals surface area contributed by atoms with Crippen molar-refractivity contribution in [2.45, 2.75) is 26.4 Å². The summed E-state index contributed by atoms with van der Waals surface area (Å²) < 4.78 is 1.81. The molecule has 0 aliphatic carbocycles. The first-order chi connectivity index (χ1) is 9.74. The maximum absolute atomic E-state index is 12.0. The van der Waals surface area contributed by atoms with E-state index < -0.39 is 0 Å². The van der Waals surface area contributed by atoms with E-state index in [9.17, 15) is 4.79 Å². The molecule has 0 saturated carbocycles. The lowest BCUT2D eigenvalue weighted by atomic mass is 10.1. The Hall–Kier alpha value is -2.14. The number of nitrogens with two attached hydrogens (primary N) is 1. The first kappa shape index (κ1) is 14.3. The van der Waals surface area contributed by atoms with Gasteiger partial charge in [-0.25, -0.2) is 4.98 Å². The van der Waals surface area contributed by atoms with E-state index in [1.165, 1.54) is 5.56 Å². The van der Waals surface area contributed by atoms with Gasteiger partial charge in [-0.15, -0.1) is 0 Å². The third kappa shape index (κ3) is 3.45. The van der Waals surface area contributed by atoms with Gasteiger partial charge >= 0.3 is 0 Å². The van der Waals surface area contributed by atoms with Gasteiger partial charge in [0.2, 0.25) is 0 Å². The molecule has 2 aromatic rings. The number of aromatic nitrogens is 2. The first-order valence-electron chi connectivity index (χ1n) is 6.81. The molecule has 0 aliphatic rings. The Kier molecular flexibility index (Phi) is 4.90. The average Bonchev–Trinajstić information content (AvgIpc) is 2.94. The third-order valence-corrected chi connectivity index (χ3v) is 3.19. The van der Waals surface area contributed by atoms with Crippen LogP contribution in [0.1, 0.15) is 28.5 Å². The third-order valence-electron chi connectivity index (χ3n) is 3.19. The number of benzene rings is 1. The van der Waals surface area contributed by atoms with Crippen LogP contribution in [0.4, 0.5) is 0 Å². The van der Waals surface area contributed by atoms with Crippen LogP contribution < -0.4 is 11.1 Å². The van der Waals surface area contributed by atoms with Crippen molar-refractivity contribution in [3.8, 4) is 0 Å². The van der Waals surface area contributed by atoms with Crippen LogP contribution in [0, 0.1) is 0 Å². The molecule has 0 saturated heterocycles. The van der Waals surface area contributed by atoms with Gasteiger partial charge in [0.25, 0.3) is 5.91 Å². The zero-order valence-corrected chi connectivity index (χ0v) is 11.7. The number of hydrogen-bond acceptors (Lipinski definition) is 3. The summed E-state index contributed by atoms with van der Waals surface area (Å²) in [5.74, 6) is -0.160. The molecule has 2 rings (SSSR count). The highest BCUT2D eigenvalue weighted by atomic mass is 16.1. The number of amides is 1. The molecule has 0 fully saturated rings. The van der Waals surface area contributed by atoms with Crippen molar-refractivity contribution < 1.29 is 4.79 Å². The molecule has 3 N–H and O–H groups in total. The molecular formula is C15H20N4O. The highest BCUT2D eigenvalue weighted by Crippen LogP contribution is 2.09. The lowest BCUT2D eigenvalue weighted by molar-refractivity contribution is 0.0946. The fourth-order valence-corrected chi connectivity index (χ4v) is 2.09. The van der Waals surface area contributed by atoms with Crippen LogP contribution in [-0.2, 0) is 19.5 Å². The maximum atomic E-state index is 12.0. The Labute approximate surface area is 118 Å². The normalized spacial score (nSPS) is 10.5. The molecule has 1 heterocycles. The number of nitrogens with one attached hydrogen (secondary N) is 1. The molecule has 20 heavy (non-hydrogen) atoms. The number of aryl methyl sites for hydroxylation is 1. The summed E-state index contributed by atoms with van der Waals surface area (Å²) in [6.45, 7) is 3.82. The van der Waals surface area contributed by atoms with Gasteiger partial charge in [0.05, 0.1) is 6.33 Å². The van der Waals surface area contributed by atoms with E-state index in [1.807, 2.05) is 22.8 Å². The molecule has 5 nitrogen and oxygen atoms in total. The maximum Gasteiger partial charge on any atom is 0.271 e. The molecule has 1 aromatic heterocycles. The molecule has 1 aromatic carbocycles. The number of nitrogens with zero attached hydrogens (tertiary/aromatic N) is 2. The largest absolute Gasteiger partial charge is 0.347 e. The smallest absolute Gasteiger partial charge is 0.271 e. The number of carbonyl (C=O) groups excluding carboxylic acids is 1. The van der Waals surface area contributed by atoms with E-state index in [4.69, 9.17) is 5.73 Å². The average molecular weight is 272 g/mol. The summed E-state index contributed by atoms with van der Waals surface area (Å²) in [5.41, 5.74) is 8.28. The van der Waals surface area contributed by atoms with Crippen molar-refractivity contribution >= 4 is 5.91 Å². The molecule has 0 spiro atoms. The summed E-state index contributed by atoms with van der Waals surface area (Å²) in [6.07, 6.45) is 4.30. The van der Waals surface area contributed by atoms with Gasteiger partial charge in [-0.1, -0.05) is 31.2 Å². The van der Waals surface area contributed by atoms with E-state index in [0.717, 1.165) is 12.0 Å². The monoisotopic (exact) mass is 272 g/mol. The number of carbonyl (C=O) groups is 1. The second-order valence-corrected chi connectivity index (χ2v) is 4.59. The predicted molar refractivity (Wildman–Crippen MR) is 78.3 cm³/mol. The Morgan fingerprint density at radius 2 is 2.10 bits per heavy atom. The standard InChI is InChI=1S/C15H20N4O/c1-2-12-5-3-4-6-13(12)9-17-15(20)14-10-19(8-7-16)11-18-14/h3-6,10-11H,2,7-9,16H2,1H3,(H,17,20). The summed E-state index contributed by atoms with van der Waals surface area (Å²) >= 11 is 0.